The van der Waals surface area contributed by atoms with E-state index in [0.717, 1.165) is 11.0 Å². The quantitative estimate of drug-likeness (QED) is 0.868. The van der Waals surface area contributed by atoms with E-state index in [1.807, 2.05) is 45.9 Å². The first-order chi connectivity index (χ1) is 9.66. The second-order valence-electron chi connectivity index (χ2n) is 6.29. The number of halogens is 1. The summed E-state index contributed by atoms with van der Waals surface area (Å²) in [5.41, 5.74) is 0.881. The predicted octanol–water partition coefficient (Wildman–Crippen LogP) is 1.93. The number of hydrogen-bond donors (Lipinski definition) is 1. The van der Waals surface area contributed by atoms with Crippen LogP contribution in [0.2, 0.25) is 5.02 Å². The van der Waals surface area contributed by atoms with Crippen molar-refractivity contribution < 1.29 is 14.1 Å². The van der Waals surface area contributed by atoms with Crippen molar-refractivity contribution in [3.05, 3.63) is 28.8 Å². The van der Waals surface area contributed by atoms with E-state index >= 15 is 0 Å². The molecule has 2 rings (SSSR count). The first-order valence-electron chi connectivity index (χ1n) is 7.01. The normalized spacial score (nSPS) is 19.6. The Bertz CT molecular complexity index is 544. The van der Waals surface area contributed by atoms with Crippen LogP contribution in [0.5, 0.6) is 0 Å². The van der Waals surface area contributed by atoms with Crippen LogP contribution in [0.4, 0.5) is 0 Å². The first kappa shape index (κ1) is 16.3. The number of carbonyl (C=O) groups excluding carboxylic acids is 1. The molecule has 0 unspecified atom stereocenters. The van der Waals surface area contributed by atoms with Gasteiger partial charge in [0.2, 0.25) is 5.91 Å². The maximum Gasteiger partial charge on any atom is 0.494 e. The third-order valence-electron chi connectivity index (χ3n) is 4.23. The highest BCUT2D eigenvalue weighted by molar-refractivity contribution is 6.62. The van der Waals surface area contributed by atoms with Crippen LogP contribution in [-0.4, -0.2) is 31.3 Å². The Kier molecular flexibility index (Phi) is 4.38. The minimum atomic E-state index is -0.443. The van der Waals surface area contributed by atoms with E-state index in [1.54, 1.807) is 7.05 Å². The second-order valence-corrected chi connectivity index (χ2v) is 6.70. The Morgan fingerprint density at radius 2 is 1.81 bits per heavy atom. The molecule has 0 aliphatic carbocycles. The second kappa shape index (κ2) is 5.63. The molecule has 0 radical (unpaired) electrons. The van der Waals surface area contributed by atoms with Crippen LogP contribution < -0.4 is 10.8 Å². The molecule has 1 saturated heterocycles. The van der Waals surface area contributed by atoms with Crippen molar-refractivity contribution in [2.24, 2.45) is 0 Å². The number of nitrogens with one attached hydrogen (secondary N) is 1. The summed E-state index contributed by atoms with van der Waals surface area (Å²) in [6, 6.07) is 5.55. The largest absolute Gasteiger partial charge is 0.494 e. The molecule has 0 bridgehead atoms. The summed E-state index contributed by atoms with van der Waals surface area (Å²) < 4.78 is 12.0. The summed E-state index contributed by atoms with van der Waals surface area (Å²) in [7, 11) is 1.16. The average molecular weight is 310 g/mol. The molecule has 1 N–H and O–H groups in total. The van der Waals surface area contributed by atoms with Gasteiger partial charge in [-0.25, -0.2) is 0 Å². The molecule has 0 aromatic heterocycles. The van der Waals surface area contributed by atoms with Crippen LogP contribution >= 0.6 is 11.6 Å². The van der Waals surface area contributed by atoms with E-state index in [0.29, 0.717) is 5.02 Å². The number of benzene rings is 1. The number of carbonyl (C=O) groups is 1. The van der Waals surface area contributed by atoms with Gasteiger partial charge in [0.05, 0.1) is 17.6 Å². The molecular formula is C15H21BClNO3. The Balaban J connectivity index is 2.20. The van der Waals surface area contributed by atoms with E-state index in [1.165, 1.54) is 0 Å². The number of likely N-dealkylation sites (N-methyl/N-ethyl adjacent to an activating group) is 1. The minimum Gasteiger partial charge on any atom is -0.399 e. The van der Waals surface area contributed by atoms with Crippen molar-refractivity contribution in [1.29, 1.82) is 0 Å². The van der Waals surface area contributed by atoms with E-state index in [-0.39, 0.29) is 23.5 Å². The van der Waals surface area contributed by atoms with E-state index in [9.17, 15) is 4.79 Å². The van der Waals surface area contributed by atoms with E-state index in [2.05, 4.69) is 5.32 Å². The van der Waals surface area contributed by atoms with Crippen LogP contribution in [-0.2, 0) is 20.5 Å². The molecule has 1 aliphatic rings. The van der Waals surface area contributed by atoms with Gasteiger partial charge >= 0.3 is 7.12 Å². The molecule has 1 amide bonds. The minimum absolute atomic E-state index is 0.0692. The van der Waals surface area contributed by atoms with Gasteiger partial charge in [0.1, 0.15) is 0 Å². The Hall–Kier alpha value is -1.04. The molecule has 0 atom stereocenters. The van der Waals surface area contributed by atoms with Crippen molar-refractivity contribution >= 4 is 30.1 Å². The van der Waals surface area contributed by atoms with Crippen molar-refractivity contribution in [3.63, 3.8) is 0 Å². The van der Waals surface area contributed by atoms with Gasteiger partial charge in [-0.2, -0.15) is 0 Å². The molecule has 1 aromatic carbocycles. The monoisotopic (exact) mass is 309 g/mol. The van der Waals surface area contributed by atoms with E-state index < -0.39 is 7.12 Å². The number of rotatable bonds is 3. The number of hydrogen-bond acceptors (Lipinski definition) is 3. The summed E-state index contributed by atoms with van der Waals surface area (Å²) in [6.07, 6.45) is 0.263. The van der Waals surface area contributed by atoms with Crippen LogP contribution in [0.25, 0.3) is 0 Å². The molecule has 1 aliphatic heterocycles. The molecule has 0 saturated carbocycles. The molecule has 1 heterocycles. The van der Waals surface area contributed by atoms with Gasteiger partial charge in [-0.3, -0.25) is 4.79 Å². The van der Waals surface area contributed by atoms with Crippen molar-refractivity contribution in [2.45, 2.75) is 45.3 Å². The van der Waals surface area contributed by atoms with Crippen LogP contribution in [0.1, 0.15) is 33.3 Å². The summed E-state index contributed by atoms with van der Waals surface area (Å²) in [5, 5.41) is 3.13. The Morgan fingerprint density at radius 3 is 2.29 bits per heavy atom. The maximum absolute atomic E-state index is 11.4. The summed E-state index contributed by atoms with van der Waals surface area (Å²) in [5.74, 6) is -0.0692. The highest BCUT2D eigenvalue weighted by atomic mass is 35.5. The molecular weight excluding hydrogens is 288 g/mol. The highest BCUT2D eigenvalue weighted by Crippen LogP contribution is 2.36. The molecule has 1 aromatic rings. The summed E-state index contributed by atoms with van der Waals surface area (Å²) in [6.45, 7) is 8.03. The smallest absolute Gasteiger partial charge is 0.399 e. The van der Waals surface area contributed by atoms with Gasteiger partial charge in [-0.05, 0) is 44.8 Å². The van der Waals surface area contributed by atoms with Gasteiger partial charge < -0.3 is 14.6 Å². The predicted molar refractivity (Wildman–Crippen MR) is 84.9 cm³/mol. The topological polar surface area (TPSA) is 47.6 Å². The zero-order valence-electron chi connectivity index (χ0n) is 13.1. The fourth-order valence-corrected chi connectivity index (χ4v) is 2.35. The lowest BCUT2D eigenvalue weighted by Gasteiger charge is -2.32. The molecule has 114 valence electrons. The standard InChI is InChI=1S/C15H21BClNO3/c1-14(2)15(3,4)21-16(20-14)11-7-6-10(12(17)9-11)8-13(19)18-5/h6-7,9H,8H2,1-5H3,(H,18,19). The maximum atomic E-state index is 11.4. The summed E-state index contributed by atoms with van der Waals surface area (Å²) >= 11 is 6.26. The first-order valence-corrected chi connectivity index (χ1v) is 7.38. The van der Waals surface area contributed by atoms with Gasteiger partial charge in [0.15, 0.2) is 0 Å². The zero-order chi connectivity index (χ0) is 15.8. The zero-order valence-corrected chi connectivity index (χ0v) is 13.9. The summed E-state index contributed by atoms with van der Waals surface area (Å²) in [4.78, 5) is 11.4. The lowest BCUT2D eigenvalue weighted by atomic mass is 9.78. The molecule has 1 fully saturated rings. The number of amides is 1. The average Bonchev–Trinajstić information content (AvgIpc) is 2.60. The highest BCUT2D eigenvalue weighted by Gasteiger charge is 2.51. The van der Waals surface area contributed by atoms with Crippen molar-refractivity contribution in [1.82, 2.24) is 5.32 Å². The van der Waals surface area contributed by atoms with Crippen LogP contribution in [0, 0.1) is 0 Å². The lowest BCUT2D eigenvalue weighted by molar-refractivity contribution is -0.119. The van der Waals surface area contributed by atoms with Crippen LogP contribution in [0.15, 0.2) is 18.2 Å². The van der Waals surface area contributed by atoms with E-state index in [4.69, 9.17) is 20.9 Å². The lowest BCUT2D eigenvalue weighted by Crippen LogP contribution is -2.41. The third kappa shape index (κ3) is 3.25. The van der Waals surface area contributed by atoms with Crippen LogP contribution in [0.3, 0.4) is 0 Å². The molecule has 6 heteroatoms. The molecule has 4 nitrogen and oxygen atoms in total. The fourth-order valence-electron chi connectivity index (χ4n) is 2.09. The Labute approximate surface area is 131 Å². The SMILES string of the molecule is CNC(=O)Cc1ccc(B2OC(C)(C)C(C)(C)O2)cc1Cl. The van der Waals surface area contributed by atoms with Gasteiger partial charge in [-0.1, -0.05) is 23.7 Å². The third-order valence-corrected chi connectivity index (χ3v) is 4.58. The van der Waals surface area contributed by atoms with Gasteiger partial charge in [0.25, 0.3) is 0 Å². The molecule has 0 spiro atoms. The van der Waals surface area contributed by atoms with Crippen molar-refractivity contribution in [3.8, 4) is 0 Å². The molecule has 21 heavy (non-hydrogen) atoms. The Morgan fingerprint density at radius 1 is 1.24 bits per heavy atom. The fraction of sp³-hybridized carbons (Fsp3) is 0.533. The van der Waals surface area contributed by atoms with Gasteiger partial charge in [0, 0.05) is 12.1 Å². The van der Waals surface area contributed by atoms with Gasteiger partial charge in [-0.15, -0.1) is 0 Å². The van der Waals surface area contributed by atoms with Crippen molar-refractivity contribution in [2.75, 3.05) is 7.05 Å².